The van der Waals surface area contributed by atoms with Crippen LogP contribution < -0.4 is 10.3 Å². The Balaban J connectivity index is 2.04. The second-order valence-corrected chi connectivity index (χ2v) is 6.17. The largest absolute Gasteiger partial charge is 0.423 e. The van der Waals surface area contributed by atoms with Crippen molar-refractivity contribution < 1.29 is 12.8 Å². The number of sulfonamides is 1. The van der Waals surface area contributed by atoms with Gasteiger partial charge in [0.1, 0.15) is 11.4 Å². The lowest BCUT2D eigenvalue weighted by Crippen LogP contribution is -2.14. The normalized spacial score (nSPS) is 11.7. The van der Waals surface area contributed by atoms with Crippen LogP contribution >= 0.6 is 0 Å². The third-order valence-corrected chi connectivity index (χ3v) is 4.31. The van der Waals surface area contributed by atoms with Crippen molar-refractivity contribution in [1.82, 2.24) is 10.2 Å². The standard InChI is InChI=1S/C13H11N3O4S/c1-8-7-14-15-13(8)16-21(18,19)10-3-4-11-9(6-10)2-5-12(17)20-11/h2-7H,1H3,(H2,14,15,16). The number of aromatic nitrogens is 2. The van der Waals surface area contributed by atoms with Crippen LogP contribution in [-0.4, -0.2) is 18.6 Å². The van der Waals surface area contributed by atoms with Gasteiger partial charge in [0.2, 0.25) is 0 Å². The minimum Gasteiger partial charge on any atom is -0.423 e. The fourth-order valence-corrected chi connectivity index (χ4v) is 2.98. The number of rotatable bonds is 3. The van der Waals surface area contributed by atoms with Crippen LogP contribution in [0, 0.1) is 6.92 Å². The van der Waals surface area contributed by atoms with Crippen molar-refractivity contribution in [2.24, 2.45) is 0 Å². The average Bonchev–Trinajstić information content (AvgIpc) is 2.83. The van der Waals surface area contributed by atoms with Gasteiger partial charge in [0.15, 0.2) is 0 Å². The van der Waals surface area contributed by atoms with Gasteiger partial charge in [-0.25, -0.2) is 13.2 Å². The van der Waals surface area contributed by atoms with Crippen LogP contribution in [-0.2, 0) is 10.0 Å². The molecule has 7 nitrogen and oxygen atoms in total. The van der Waals surface area contributed by atoms with Crippen LogP contribution in [0.25, 0.3) is 11.0 Å². The quantitative estimate of drug-likeness (QED) is 0.715. The Bertz CT molecular complexity index is 972. The Morgan fingerprint density at radius 3 is 2.76 bits per heavy atom. The van der Waals surface area contributed by atoms with Crippen LogP contribution in [0.15, 0.2) is 50.6 Å². The molecule has 0 saturated heterocycles. The average molecular weight is 305 g/mol. The van der Waals surface area contributed by atoms with Crippen LogP contribution in [0.3, 0.4) is 0 Å². The summed E-state index contributed by atoms with van der Waals surface area (Å²) < 4.78 is 32.0. The molecule has 0 radical (unpaired) electrons. The highest BCUT2D eigenvalue weighted by Gasteiger charge is 2.17. The molecule has 0 fully saturated rings. The SMILES string of the molecule is Cc1cn[nH]c1NS(=O)(=O)c1ccc2oc(=O)ccc2c1. The molecule has 0 saturated carbocycles. The Morgan fingerprint density at radius 1 is 1.24 bits per heavy atom. The highest BCUT2D eigenvalue weighted by atomic mass is 32.2. The molecule has 21 heavy (non-hydrogen) atoms. The van der Waals surface area contributed by atoms with E-state index < -0.39 is 15.6 Å². The molecule has 2 N–H and O–H groups in total. The maximum absolute atomic E-state index is 12.3. The number of H-pyrrole nitrogens is 1. The molecule has 0 aliphatic carbocycles. The summed E-state index contributed by atoms with van der Waals surface area (Å²) in [5, 5.41) is 6.86. The first-order valence-electron chi connectivity index (χ1n) is 6.02. The van der Waals surface area contributed by atoms with E-state index in [-0.39, 0.29) is 4.90 Å². The molecule has 0 spiro atoms. The molecule has 0 aliphatic rings. The molecule has 0 atom stereocenters. The van der Waals surface area contributed by atoms with Crippen molar-refractivity contribution in [2.75, 3.05) is 4.72 Å². The van der Waals surface area contributed by atoms with Crippen molar-refractivity contribution in [3.05, 3.63) is 52.5 Å². The third kappa shape index (κ3) is 2.52. The Morgan fingerprint density at radius 2 is 2.05 bits per heavy atom. The van der Waals surface area contributed by atoms with E-state index >= 15 is 0 Å². The van der Waals surface area contributed by atoms with Crippen molar-refractivity contribution in [3.63, 3.8) is 0 Å². The number of hydrogen-bond acceptors (Lipinski definition) is 5. The summed E-state index contributed by atoms with van der Waals surface area (Å²) in [5.74, 6) is 0.315. The topological polar surface area (TPSA) is 105 Å². The Kier molecular flexibility index (Phi) is 3.02. The van der Waals surface area contributed by atoms with Gasteiger partial charge in [0.05, 0.1) is 11.1 Å². The predicted molar refractivity (Wildman–Crippen MR) is 76.6 cm³/mol. The maximum atomic E-state index is 12.3. The lowest BCUT2D eigenvalue weighted by molar-refractivity contribution is 0.560. The van der Waals surface area contributed by atoms with E-state index in [0.29, 0.717) is 22.4 Å². The number of nitrogens with one attached hydrogen (secondary N) is 2. The van der Waals surface area contributed by atoms with Crippen molar-refractivity contribution in [3.8, 4) is 0 Å². The number of fused-ring (bicyclic) bond motifs is 1. The number of aromatic amines is 1. The lowest BCUT2D eigenvalue weighted by Gasteiger charge is -2.07. The summed E-state index contributed by atoms with van der Waals surface area (Å²) in [6, 6.07) is 7.02. The summed E-state index contributed by atoms with van der Waals surface area (Å²) in [6.45, 7) is 1.73. The zero-order valence-electron chi connectivity index (χ0n) is 11.0. The van der Waals surface area contributed by atoms with Gasteiger partial charge in [-0.2, -0.15) is 5.10 Å². The molecule has 108 valence electrons. The summed E-state index contributed by atoms with van der Waals surface area (Å²) in [5.41, 5.74) is 0.536. The second kappa shape index (κ2) is 4.74. The summed E-state index contributed by atoms with van der Waals surface area (Å²) in [7, 11) is -3.75. The molecule has 3 rings (SSSR count). The molecule has 0 unspecified atom stereocenters. The summed E-state index contributed by atoms with van der Waals surface area (Å²) >= 11 is 0. The van der Waals surface area contributed by atoms with Crippen LogP contribution in [0.5, 0.6) is 0 Å². The predicted octanol–water partition coefficient (Wildman–Crippen LogP) is 1.63. The van der Waals surface area contributed by atoms with Crippen molar-refractivity contribution in [2.45, 2.75) is 11.8 Å². The number of hydrogen-bond donors (Lipinski definition) is 2. The fraction of sp³-hybridized carbons (Fsp3) is 0.0769. The van der Waals surface area contributed by atoms with Gasteiger partial charge in [0, 0.05) is 17.0 Å². The first kappa shape index (κ1) is 13.4. The zero-order chi connectivity index (χ0) is 15.0. The van der Waals surface area contributed by atoms with Gasteiger partial charge in [-0.3, -0.25) is 9.82 Å². The molecule has 1 aromatic carbocycles. The highest BCUT2D eigenvalue weighted by Crippen LogP contribution is 2.20. The molecule has 2 heterocycles. The number of anilines is 1. The molecule has 0 amide bonds. The monoisotopic (exact) mass is 305 g/mol. The lowest BCUT2D eigenvalue weighted by atomic mass is 10.2. The van der Waals surface area contributed by atoms with Crippen LogP contribution in [0.1, 0.15) is 5.56 Å². The van der Waals surface area contributed by atoms with E-state index in [4.69, 9.17) is 4.42 Å². The first-order valence-corrected chi connectivity index (χ1v) is 7.51. The van der Waals surface area contributed by atoms with Crippen LogP contribution in [0.2, 0.25) is 0 Å². The van der Waals surface area contributed by atoms with Gasteiger partial charge in [0.25, 0.3) is 10.0 Å². The van der Waals surface area contributed by atoms with E-state index in [1.165, 1.54) is 36.5 Å². The molecule has 0 aliphatic heterocycles. The van der Waals surface area contributed by atoms with Crippen LogP contribution in [0.4, 0.5) is 5.82 Å². The molecule has 2 aromatic heterocycles. The third-order valence-electron chi connectivity index (χ3n) is 2.97. The van der Waals surface area contributed by atoms with Crippen molar-refractivity contribution >= 4 is 26.8 Å². The van der Waals surface area contributed by atoms with Gasteiger partial charge < -0.3 is 4.42 Å². The zero-order valence-corrected chi connectivity index (χ0v) is 11.8. The summed E-state index contributed by atoms with van der Waals surface area (Å²) in [6.07, 6.45) is 1.52. The van der Waals surface area contributed by atoms with Gasteiger partial charge in [-0.15, -0.1) is 0 Å². The first-order chi connectivity index (χ1) is 9.95. The van der Waals surface area contributed by atoms with Crippen molar-refractivity contribution in [1.29, 1.82) is 0 Å². The minimum atomic E-state index is -3.75. The molecular formula is C13H11N3O4S. The summed E-state index contributed by atoms with van der Waals surface area (Å²) in [4.78, 5) is 11.2. The number of benzene rings is 1. The fourth-order valence-electron chi connectivity index (χ4n) is 1.86. The molecule has 0 bridgehead atoms. The van der Waals surface area contributed by atoms with Gasteiger partial charge in [-0.05, 0) is 31.2 Å². The second-order valence-electron chi connectivity index (χ2n) is 4.49. The highest BCUT2D eigenvalue weighted by molar-refractivity contribution is 7.92. The van der Waals surface area contributed by atoms with Gasteiger partial charge in [-0.1, -0.05) is 0 Å². The smallest absolute Gasteiger partial charge is 0.336 e. The number of nitrogens with zero attached hydrogens (tertiary/aromatic N) is 1. The molecule has 3 aromatic rings. The van der Waals surface area contributed by atoms with E-state index in [2.05, 4.69) is 14.9 Å². The van der Waals surface area contributed by atoms with E-state index in [9.17, 15) is 13.2 Å². The maximum Gasteiger partial charge on any atom is 0.336 e. The molecule has 8 heteroatoms. The van der Waals surface area contributed by atoms with Gasteiger partial charge >= 0.3 is 5.63 Å². The number of aryl methyl sites for hydroxylation is 1. The van der Waals surface area contributed by atoms with E-state index in [0.717, 1.165) is 0 Å². The molecular weight excluding hydrogens is 294 g/mol. The van der Waals surface area contributed by atoms with E-state index in [1.54, 1.807) is 6.92 Å². The Labute approximate surface area is 119 Å². The minimum absolute atomic E-state index is 0.0675. The Hall–Kier alpha value is -2.61. The van der Waals surface area contributed by atoms with E-state index in [1.807, 2.05) is 0 Å².